The Morgan fingerprint density at radius 2 is 1.59 bits per heavy atom. The smallest absolute Gasteiger partial charge is 0.217 e. The number of benzene rings is 3. The Morgan fingerprint density at radius 1 is 0.853 bits per heavy atom. The van der Waals surface area contributed by atoms with E-state index in [2.05, 4.69) is 0 Å². The van der Waals surface area contributed by atoms with Gasteiger partial charge in [-0.3, -0.25) is 0 Å². The number of para-hydroxylation sites is 1. The number of phenols is 1. The van der Waals surface area contributed by atoms with Crippen molar-refractivity contribution in [2.45, 2.75) is 18.7 Å². The molecule has 8 nitrogen and oxygen atoms in total. The molecule has 0 fully saturated rings. The van der Waals surface area contributed by atoms with E-state index in [4.69, 9.17) is 28.8 Å². The summed E-state index contributed by atoms with van der Waals surface area (Å²) in [6.07, 6.45) is -0.0147. The van der Waals surface area contributed by atoms with Crippen molar-refractivity contribution >= 4 is 5.71 Å². The van der Waals surface area contributed by atoms with E-state index in [1.807, 2.05) is 41.4 Å². The van der Waals surface area contributed by atoms with Crippen molar-refractivity contribution in [3.63, 3.8) is 0 Å². The van der Waals surface area contributed by atoms with Crippen LogP contribution in [0.4, 0.5) is 0 Å². The van der Waals surface area contributed by atoms with E-state index in [1.54, 1.807) is 46.6 Å². The predicted octanol–water partition coefficient (Wildman–Crippen LogP) is 4.67. The van der Waals surface area contributed by atoms with E-state index in [9.17, 15) is 5.11 Å². The van der Waals surface area contributed by atoms with Gasteiger partial charge in [0, 0.05) is 23.6 Å². The fourth-order valence-electron chi connectivity index (χ4n) is 4.51. The van der Waals surface area contributed by atoms with Gasteiger partial charge in [-0.2, -0.15) is 5.10 Å². The first-order valence-corrected chi connectivity index (χ1v) is 10.9. The number of phenolic OH excluding ortho intramolecular Hbond substituents is 1. The molecule has 3 aromatic carbocycles. The zero-order chi connectivity index (χ0) is 23.8. The molecular formula is C26H26N2O6. The largest absolute Gasteiger partial charge is 0.507 e. The van der Waals surface area contributed by atoms with Crippen molar-refractivity contribution in [1.82, 2.24) is 5.01 Å². The average Bonchev–Trinajstić information content (AvgIpc) is 3.33. The third-order valence-electron chi connectivity index (χ3n) is 6.22. The highest BCUT2D eigenvalue weighted by Gasteiger charge is 2.43. The maximum absolute atomic E-state index is 10.6. The van der Waals surface area contributed by atoms with Gasteiger partial charge < -0.3 is 28.8 Å². The zero-order valence-electron chi connectivity index (χ0n) is 19.4. The molecule has 2 aliphatic heterocycles. The average molecular weight is 463 g/mol. The van der Waals surface area contributed by atoms with Crippen molar-refractivity contribution in [3.05, 3.63) is 71.3 Å². The number of rotatable bonds is 6. The fraction of sp³-hybridized carbons (Fsp3) is 0.269. The molecule has 0 unspecified atom stereocenters. The molecule has 2 aliphatic rings. The van der Waals surface area contributed by atoms with Crippen LogP contribution in [0.25, 0.3) is 0 Å². The Labute approximate surface area is 197 Å². The molecule has 0 bridgehead atoms. The van der Waals surface area contributed by atoms with Crippen LogP contribution in [-0.2, 0) is 0 Å². The van der Waals surface area contributed by atoms with Crippen molar-refractivity contribution in [3.8, 4) is 34.5 Å². The summed E-state index contributed by atoms with van der Waals surface area (Å²) in [6, 6.07) is 16.4. The minimum atomic E-state index is -0.583. The number of methoxy groups -OCH3 is 4. The van der Waals surface area contributed by atoms with Gasteiger partial charge in [0.25, 0.3) is 0 Å². The van der Waals surface area contributed by atoms with Crippen molar-refractivity contribution in [2.24, 2.45) is 5.10 Å². The lowest BCUT2D eigenvalue weighted by Crippen LogP contribution is -2.34. The Balaban J connectivity index is 1.65. The lowest BCUT2D eigenvalue weighted by molar-refractivity contribution is -0.0222. The van der Waals surface area contributed by atoms with Gasteiger partial charge in [-0.15, -0.1) is 0 Å². The van der Waals surface area contributed by atoms with Crippen molar-refractivity contribution in [1.29, 1.82) is 0 Å². The quantitative estimate of drug-likeness (QED) is 0.570. The summed E-state index contributed by atoms with van der Waals surface area (Å²) in [5, 5.41) is 17.4. The van der Waals surface area contributed by atoms with Gasteiger partial charge >= 0.3 is 0 Å². The molecule has 3 aromatic rings. The molecule has 0 radical (unpaired) electrons. The minimum absolute atomic E-state index is 0.128. The molecule has 0 saturated heterocycles. The first kappa shape index (κ1) is 21.8. The number of fused-ring (bicyclic) bond motifs is 3. The van der Waals surface area contributed by atoms with Crippen LogP contribution in [0.3, 0.4) is 0 Å². The molecule has 1 N–H and O–H groups in total. The minimum Gasteiger partial charge on any atom is -0.507 e. The number of ether oxygens (including phenoxy) is 5. The van der Waals surface area contributed by atoms with Gasteiger partial charge in [0.15, 0.2) is 11.5 Å². The second-order valence-corrected chi connectivity index (χ2v) is 7.99. The van der Waals surface area contributed by atoms with Crippen LogP contribution in [0, 0.1) is 0 Å². The monoisotopic (exact) mass is 462 g/mol. The van der Waals surface area contributed by atoms with Crippen LogP contribution in [0.5, 0.6) is 34.5 Å². The van der Waals surface area contributed by atoms with E-state index in [1.165, 1.54) is 0 Å². The van der Waals surface area contributed by atoms with Crippen molar-refractivity contribution < 1.29 is 28.8 Å². The number of aromatic hydroxyl groups is 1. The maximum Gasteiger partial charge on any atom is 0.217 e. The highest BCUT2D eigenvalue weighted by atomic mass is 16.5. The molecule has 0 saturated carbocycles. The number of hydrazone groups is 1. The molecule has 0 aromatic heterocycles. The highest BCUT2D eigenvalue weighted by molar-refractivity contribution is 6.04. The van der Waals surface area contributed by atoms with Crippen LogP contribution < -0.4 is 23.7 Å². The third-order valence-corrected chi connectivity index (χ3v) is 6.22. The van der Waals surface area contributed by atoms with Crippen LogP contribution in [0.15, 0.2) is 59.7 Å². The molecule has 8 heteroatoms. The van der Waals surface area contributed by atoms with Gasteiger partial charge in [-0.25, -0.2) is 5.01 Å². The SMILES string of the molecule is COc1ccc([C@H]2Oc3c(OC)cccc3[C@@H]3CC(c4cc(OC)ccc4O)=NN23)c(OC)c1. The van der Waals surface area contributed by atoms with Crippen molar-refractivity contribution in [2.75, 3.05) is 28.4 Å². The van der Waals surface area contributed by atoms with Crippen LogP contribution in [0.1, 0.15) is 35.4 Å². The second-order valence-electron chi connectivity index (χ2n) is 7.99. The third kappa shape index (κ3) is 3.51. The summed E-state index contributed by atoms with van der Waals surface area (Å²) in [5.74, 6) is 3.40. The Bertz CT molecular complexity index is 1260. The first-order valence-electron chi connectivity index (χ1n) is 10.9. The molecule has 176 valence electrons. The van der Waals surface area contributed by atoms with E-state index in [-0.39, 0.29) is 11.8 Å². The topological polar surface area (TPSA) is 82.0 Å². The molecule has 0 aliphatic carbocycles. The molecule has 34 heavy (non-hydrogen) atoms. The fourth-order valence-corrected chi connectivity index (χ4v) is 4.51. The summed E-state index contributed by atoms with van der Waals surface area (Å²) < 4.78 is 28.5. The molecule has 0 amide bonds. The normalized spacial score (nSPS) is 18.4. The van der Waals surface area contributed by atoms with Crippen LogP contribution in [-0.4, -0.2) is 44.3 Å². The van der Waals surface area contributed by atoms with Gasteiger partial charge in [0.05, 0.1) is 45.8 Å². The van der Waals surface area contributed by atoms with Gasteiger partial charge in [-0.1, -0.05) is 12.1 Å². The number of hydrogen-bond acceptors (Lipinski definition) is 8. The number of nitrogens with zero attached hydrogens (tertiary/aromatic N) is 2. The summed E-state index contributed by atoms with van der Waals surface area (Å²) in [7, 11) is 6.44. The Morgan fingerprint density at radius 3 is 2.32 bits per heavy atom. The van der Waals surface area contributed by atoms with E-state index in [0.29, 0.717) is 40.7 Å². The standard InChI is InChI=1S/C26H26N2O6/c1-30-15-9-11-22(29)19(12-15)20-14-21-17-6-5-7-23(32-3)25(17)34-26(28(21)27-20)18-10-8-16(31-2)13-24(18)33-4/h5-13,21,26,29H,14H2,1-4H3/t21-,26+/m0/s1. The lowest BCUT2D eigenvalue weighted by Gasteiger charge is -2.39. The van der Waals surface area contributed by atoms with Gasteiger partial charge in [0.2, 0.25) is 6.23 Å². The maximum atomic E-state index is 10.6. The molecule has 5 rings (SSSR count). The van der Waals surface area contributed by atoms with Gasteiger partial charge in [-0.05, 0) is 36.4 Å². The lowest BCUT2D eigenvalue weighted by atomic mass is 9.95. The second kappa shape index (κ2) is 8.70. The zero-order valence-corrected chi connectivity index (χ0v) is 19.4. The summed E-state index contributed by atoms with van der Waals surface area (Å²) in [4.78, 5) is 0. The van der Waals surface area contributed by atoms with E-state index in [0.717, 1.165) is 16.8 Å². The van der Waals surface area contributed by atoms with E-state index >= 15 is 0 Å². The molecule has 2 heterocycles. The summed E-state index contributed by atoms with van der Waals surface area (Å²) in [6.45, 7) is 0. The number of hydrogen-bond donors (Lipinski definition) is 1. The van der Waals surface area contributed by atoms with Crippen LogP contribution in [0.2, 0.25) is 0 Å². The predicted molar refractivity (Wildman–Crippen MR) is 126 cm³/mol. The van der Waals surface area contributed by atoms with E-state index < -0.39 is 6.23 Å². The summed E-state index contributed by atoms with van der Waals surface area (Å²) in [5.41, 5.74) is 3.12. The van der Waals surface area contributed by atoms with Gasteiger partial charge in [0.1, 0.15) is 23.0 Å². The molecule has 2 atom stereocenters. The Hall–Kier alpha value is -4.07. The highest BCUT2D eigenvalue weighted by Crippen LogP contribution is 2.52. The molecular weight excluding hydrogens is 436 g/mol. The molecule has 0 spiro atoms. The first-order chi connectivity index (χ1) is 16.6. The summed E-state index contributed by atoms with van der Waals surface area (Å²) >= 11 is 0. The Kier molecular flexibility index (Phi) is 5.57. The van der Waals surface area contributed by atoms with Crippen LogP contribution >= 0.6 is 0 Å².